The normalized spacial score (nSPS) is 15.4. The van der Waals surface area contributed by atoms with Gasteiger partial charge in [0.2, 0.25) is 12.2 Å². The second-order valence-corrected chi connectivity index (χ2v) is 3.75. The largest absolute Gasteiger partial charge is 0.421 e. The summed E-state index contributed by atoms with van der Waals surface area (Å²) in [7, 11) is 0. The number of hydrogen-bond donors (Lipinski definition) is 1. The monoisotopic (exact) mass is 259 g/mol. The van der Waals surface area contributed by atoms with Gasteiger partial charge in [0.05, 0.1) is 0 Å². The molecular formula is C10H8F3N3O2. The van der Waals surface area contributed by atoms with E-state index in [4.69, 9.17) is 0 Å². The molecule has 0 aliphatic heterocycles. The van der Waals surface area contributed by atoms with Crippen LogP contribution in [0.5, 0.6) is 0 Å². The fourth-order valence-corrected chi connectivity index (χ4v) is 1.30. The Balaban J connectivity index is 2.46. The highest BCUT2D eigenvalue weighted by atomic mass is 19.4. The van der Waals surface area contributed by atoms with Crippen molar-refractivity contribution in [1.29, 1.82) is 0 Å². The topological polar surface area (TPSA) is 72.0 Å². The van der Waals surface area contributed by atoms with Crippen molar-refractivity contribution in [2.75, 3.05) is 0 Å². The van der Waals surface area contributed by atoms with Crippen molar-refractivity contribution < 1.29 is 22.8 Å². The lowest BCUT2D eigenvalue weighted by Gasteiger charge is -2.26. The Morgan fingerprint density at radius 1 is 1.28 bits per heavy atom. The van der Waals surface area contributed by atoms with E-state index in [0.717, 1.165) is 24.7 Å². The summed E-state index contributed by atoms with van der Waals surface area (Å²) in [4.78, 5) is 7.48. The van der Waals surface area contributed by atoms with Gasteiger partial charge in [-0.2, -0.15) is 18.2 Å². The van der Waals surface area contributed by atoms with E-state index in [0.29, 0.717) is 6.92 Å². The molecule has 1 N–H and O–H groups in total. The molecule has 0 aliphatic carbocycles. The first-order valence-corrected chi connectivity index (χ1v) is 4.85. The third-order valence-corrected chi connectivity index (χ3v) is 2.46. The average molecular weight is 259 g/mol. The van der Waals surface area contributed by atoms with E-state index in [1.54, 1.807) is 0 Å². The lowest BCUT2D eigenvalue weighted by atomic mass is 9.95. The van der Waals surface area contributed by atoms with Crippen LogP contribution in [-0.4, -0.2) is 26.4 Å². The highest BCUT2D eigenvalue weighted by molar-refractivity contribution is 5.49. The molecule has 2 aromatic heterocycles. The Labute approximate surface area is 99.3 Å². The summed E-state index contributed by atoms with van der Waals surface area (Å²) in [5.41, 5.74) is -3.22. The Morgan fingerprint density at radius 3 is 2.56 bits per heavy atom. The van der Waals surface area contributed by atoms with E-state index in [2.05, 4.69) is 19.6 Å². The van der Waals surface area contributed by atoms with Crippen LogP contribution < -0.4 is 0 Å². The van der Waals surface area contributed by atoms with Gasteiger partial charge in [-0.1, -0.05) is 5.16 Å². The lowest BCUT2D eigenvalue weighted by molar-refractivity contribution is -0.258. The van der Waals surface area contributed by atoms with Crippen LogP contribution in [0.4, 0.5) is 13.2 Å². The summed E-state index contributed by atoms with van der Waals surface area (Å²) < 4.78 is 42.5. The molecule has 5 nitrogen and oxygen atoms in total. The number of aromatic nitrogens is 3. The fraction of sp³-hybridized carbons (Fsp3) is 0.300. The van der Waals surface area contributed by atoms with E-state index in [1.165, 1.54) is 0 Å². The third-order valence-electron chi connectivity index (χ3n) is 2.46. The first-order chi connectivity index (χ1) is 8.32. The molecule has 96 valence electrons. The van der Waals surface area contributed by atoms with Crippen LogP contribution in [0.25, 0.3) is 11.5 Å². The molecule has 0 radical (unpaired) electrons. The maximum atomic E-state index is 12.7. The van der Waals surface area contributed by atoms with Gasteiger partial charge >= 0.3 is 6.18 Å². The fourth-order valence-electron chi connectivity index (χ4n) is 1.30. The molecule has 0 saturated carbocycles. The van der Waals surface area contributed by atoms with Gasteiger partial charge in [-0.05, 0) is 24.6 Å². The lowest BCUT2D eigenvalue weighted by Crippen LogP contribution is -2.39. The minimum absolute atomic E-state index is 0.0508. The number of rotatable bonds is 2. The molecule has 0 spiro atoms. The molecular weight excluding hydrogens is 251 g/mol. The van der Waals surface area contributed by atoms with Crippen molar-refractivity contribution >= 4 is 0 Å². The molecule has 0 fully saturated rings. The zero-order valence-electron chi connectivity index (χ0n) is 9.14. The maximum absolute atomic E-state index is 12.7. The predicted octanol–water partition coefficient (Wildman–Crippen LogP) is 1.90. The number of pyridine rings is 1. The van der Waals surface area contributed by atoms with Gasteiger partial charge in [-0.15, -0.1) is 0 Å². The van der Waals surface area contributed by atoms with Gasteiger partial charge in [-0.25, -0.2) is 0 Å². The van der Waals surface area contributed by atoms with Gasteiger partial charge in [0.25, 0.3) is 0 Å². The molecule has 1 unspecified atom stereocenters. The highest BCUT2D eigenvalue weighted by Gasteiger charge is 2.51. The SMILES string of the molecule is CC(O)(c1ccnc(-c2ncon2)c1)C(F)(F)F. The molecule has 18 heavy (non-hydrogen) atoms. The van der Waals surface area contributed by atoms with Crippen molar-refractivity contribution in [2.24, 2.45) is 0 Å². The number of nitrogens with zero attached hydrogens (tertiary/aromatic N) is 3. The molecule has 0 amide bonds. The summed E-state index contributed by atoms with van der Waals surface area (Å²) >= 11 is 0. The summed E-state index contributed by atoms with van der Waals surface area (Å²) in [6.07, 6.45) is -2.62. The number of hydrogen-bond acceptors (Lipinski definition) is 5. The van der Waals surface area contributed by atoms with E-state index in [9.17, 15) is 18.3 Å². The predicted molar refractivity (Wildman–Crippen MR) is 53.2 cm³/mol. The molecule has 2 heterocycles. The molecule has 2 rings (SSSR count). The van der Waals surface area contributed by atoms with Crippen molar-refractivity contribution in [3.63, 3.8) is 0 Å². The maximum Gasteiger partial charge on any atom is 0.421 e. The summed E-state index contributed by atoms with van der Waals surface area (Å²) in [5.74, 6) is 0.0508. The van der Waals surface area contributed by atoms with Crippen molar-refractivity contribution in [3.05, 3.63) is 30.3 Å². The quantitative estimate of drug-likeness (QED) is 0.891. The van der Waals surface area contributed by atoms with Crippen molar-refractivity contribution in [3.8, 4) is 11.5 Å². The van der Waals surface area contributed by atoms with Crippen LogP contribution >= 0.6 is 0 Å². The van der Waals surface area contributed by atoms with Crippen LogP contribution in [0, 0.1) is 0 Å². The second-order valence-electron chi connectivity index (χ2n) is 3.75. The Hall–Kier alpha value is -1.96. The van der Waals surface area contributed by atoms with Crippen LogP contribution in [0.2, 0.25) is 0 Å². The zero-order valence-corrected chi connectivity index (χ0v) is 9.14. The van der Waals surface area contributed by atoms with Gasteiger partial charge in [0, 0.05) is 6.20 Å². The van der Waals surface area contributed by atoms with Crippen LogP contribution in [0.3, 0.4) is 0 Å². The van der Waals surface area contributed by atoms with E-state index in [1.807, 2.05) is 0 Å². The molecule has 2 aromatic rings. The van der Waals surface area contributed by atoms with E-state index in [-0.39, 0.29) is 17.1 Å². The zero-order chi connectivity index (χ0) is 13.4. The van der Waals surface area contributed by atoms with Gasteiger partial charge < -0.3 is 9.63 Å². The van der Waals surface area contributed by atoms with Crippen LogP contribution in [0.15, 0.2) is 29.2 Å². The summed E-state index contributed by atoms with van der Waals surface area (Å²) in [6.45, 7) is 0.669. The Kier molecular flexibility index (Phi) is 2.81. The molecule has 0 aromatic carbocycles. The molecule has 1 atom stereocenters. The first kappa shape index (κ1) is 12.5. The highest BCUT2D eigenvalue weighted by Crippen LogP contribution is 2.38. The molecule has 0 bridgehead atoms. The summed E-state index contributed by atoms with van der Waals surface area (Å²) in [5, 5.41) is 13.0. The number of aliphatic hydroxyl groups is 1. The summed E-state index contributed by atoms with van der Waals surface area (Å²) in [6, 6.07) is 2.15. The molecule has 0 aliphatic rings. The van der Waals surface area contributed by atoms with Crippen LogP contribution in [0.1, 0.15) is 12.5 Å². The minimum Gasteiger partial charge on any atom is -0.376 e. The van der Waals surface area contributed by atoms with Crippen molar-refractivity contribution in [1.82, 2.24) is 15.1 Å². The second kappa shape index (κ2) is 4.05. The number of halogens is 3. The van der Waals surface area contributed by atoms with Gasteiger partial charge in [0.15, 0.2) is 5.60 Å². The van der Waals surface area contributed by atoms with Crippen LogP contribution in [-0.2, 0) is 5.60 Å². The Bertz CT molecular complexity index is 538. The third kappa shape index (κ3) is 2.06. The smallest absolute Gasteiger partial charge is 0.376 e. The first-order valence-electron chi connectivity index (χ1n) is 4.85. The van der Waals surface area contributed by atoms with Gasteiger partial charge in [0.1, 0.15) is 5.69 Å². The average Bonchev–Trinajstić information content (AvgIpc) is 2.81. The molecule has 8 heteroatoms. The Morgan fingerprint density at radius 2 is 2.00 bits per heavy atom. The van der Waals surface area contributed by atoms with Gasteiger partial charge in [-0.3, -0.25) is 4.98 Å². The van der Waals surface area contributed by atoms with E-state index < -0.39 is 11.8 Å². The minimum atomic E-state index is -4.79. The van der Waals surface area contributed by atoms with E-state index >= 15 is 0 Å². The van der Waals surface area contributed by atoms with Crippen molar-refractivity contribution in [2.45, 2.75) is 18.7 Å². The number of alkyl halides is 3. The molecule has 0 saturated heterocycles. The standard InChI is InChI=1S/C10H8F3N3O2/c1-9(17,10(11,12)13)6-2-3-14-7(4-6)8-15-5-18-16-8/h2-5,17H,1H3.